The molecule has 0 saturated heterocycles. The summed E-state index contributed by atoms with van der Waals surface area (Å²) >= 11 is 0. The highest BCUT2D eigenvalue weighted by Gasteiger charge is 2.15. The van der Waals surface area contributed by atoms with Crippen LogP contribution in [0.4, 0.5) is 17.1 Å². The predicted molar refractivity (Wildman–Crippen MR) is 174 cm³/mol. The zero-order valence-electron chi connectivity index (χ0n) is 24.1. The monoisotopic (exact) mass is 527 g/mol. The van der Waals surface area contributed by atoms with E-state index in [2.05, 4.69) is 114 Å². The van der Waals surface area contributed by atoms with Crippen LogP contribution in [0.1, 0.15) is 93.7 Å². The van der Waals surface area contributed by atoms with Crippen molar-refractivity contribution in [2.75, 3.05) is 4.90 Å². The number of anilines is 3. The molecule has 0 atom stereocenters. The predicted octanol–water partition coefficient (Wildman–Crippen LogP) is 11.8. The SMILES string of the molecule is C(=CC1CCCC1)c1ccc(N(c2ccc(C=CC3CCCC3)cc2)c2ccc(C=CC3CCCC3)cc2)cc1. The quantitative estimate of drug-likeness (QED) is 0.267. The van der Waals surface area contributed by atoms with Crippen LogP contribution >= 0.6 is 0 Å². The molecule has 0 unspecified atom stereocenters. The second kappa shape index (κ2) is 13.4. The summed E-state index contributed by atoms with van der Waals surface area (Å²) < 4.78 is 0. The van der Waals surface area contributed by atoms with Gasteiger partial charge in [0.25, 0.3) is 0 Å². The van der Waals surface area contributed by atoms with Crippen LogP contribution in [0.3, 0.4) is 0 Å². The van der Waals surface area contributed by atoms with E-state index in [1.165, 1.54) is 111 Å². The maximum absolute atomic E-state index is 2.43. The third kappa shape index (κ3) is 7.05. The van der Waals surface area contributed by atoms with Crippen LogP contribution in [0, 0.1) is 17.8 Å². The van der Waals surface area contributed by atoms with Gasteiger partial charge in [0.2, 0.25) is 0 Å². The van der Waals surface area contributed by atoms with Crippen LogP contribution < -0.4 is 4.90 Å². The molecule has 3 aromatic rings. The van der Waals surface area contributed by atoms with Gasteiger partial charge in [-0.25, -0.2) is 0 Å². The Hall–Kier alpha value is -3.32. The van der Waals surface area contributed by atoms with Gasteiger partial charge in [-0.15, -0.1) is 0 Å². The number of nitrogens with zero attached hydrogens (tertiary/aromatic N) is 1. The maximum Gasteiger partial charge on any atom is 0.0462 e. The number of allylic oxidation sites excluding steroid dienone is 3. The highest BCUT2D eigenvalue weighted by Crippen LogP contribution is 2.36. The van der Waals surface area contributed by atoms with Crippen LogP contribution in [0.5, 0.6) is 0 Å². The van der Waals surface area contributed by atoms with Crippen molar-refractivity contribution in [3.8, 4) is 0 Å². The Kier molecular flexibility index (Phi) is 8.98. The summed E-state index contributed by atoms with van der Waals surface area (Å²) in [7, 11) is 0. The van der Waals surface area contributed by atoms with E-state index in [1.54, 1.807) is 0 Å². The van der Waals surface area contributed by atoms with Crippen molar-refractivity contribution in [1.82, 2.24) is 0 Å². The summed E-state index contributed by atoms with van der Waals surface area (Å²) in [5, 5.41) is 0. The fourth-order valence-corrected chi connectivity index (χ4v) is 6.84. The Bertz CT molecular complexity index is 1110. The van der Waals surface area contributed by atoms with Crippen LogP contribution in [0.2, 0.25) is 0 Å². The molecule has 0 aromatic heterocycles. The van der Waals surface area contributed by atoms with Gasteiger partial charge in [0, 0.05) is 17.1 Å². The number of hydrogen-bond donors (Lipinski definition) is 0. The highest BCUT2D eigenvalue weighted by molar-refractivity contribution is 5.78. The molecule has 3 fully saturated rings. The first-order valence-corrected chi connectivity index (χ1v) is 16.0. The number of benzene rings is 3. The third-order valence-corrected chi connectivity index (χ3v) is 9.34. The maximum atomic E-state index is 2.43. The summed E-state index contributed by atoms with van der Waals surface area (Å²) in [6.07, 6.45) is 30.6. The van der Waals surface area contributed by atoms with Crippen molar-refractivity contribution in [2.45, 2.75) is 77.0 Å². The van der Waals surface area contributed by atoms with Crippen molar-refractivity contribution >= 4 is 35.3 Å². The van der Waals surface area contributed by atoms with Gasteiger partial charge in [-0.3, -0.25) is 0 Å². The molecule has 3 aliphatic carbocycles. The molecular formula is C39H45N. The van der Waals surface area contributed by atoms with Crippen molar-refractivity contribution in [1.29, 1.82) is 0 Å². The van der Waals surface area contributed by atoms with E-state index in [9.17, 15) is 0 Å². The fourth-order valence-electron chi connectivity index (χ4n) is 6.84. The molecule has 206 valence electrons. The first-order valence-electron chi connectivity index (χ1n) is 16.0. The normalized spacial score (nSPS) is 19.2. The fraction of sp³-hybridized carbons (Fsp3) is 0.385. The molecule has 3 saturated carbocycles. The van der Waals surface area contributed by atoms with Gasteiger partial charge in [-0.1, -0.05) is 111 Å². The van der Waals surface area contributed by atoms with Gasteiger partial charge >= 0.3 is 0 Å². The summed E-state index contributed by atoms with van der Waals surface area (Å²) in [5.41, 5.74) is 7.45. The lowest BCUT2D eigenvalue weighted by molar-refractivity contribution is 0.689. The minimum absolute atomic E-state index is 0.763. The summed E-state index contributed by atoms with van der Waals surface area (Å²) in [4.78, 5) is 2.39. The van der Waals surface area contributed by atoms with Gasteiger partial charge < -0.3 is 4.90 Å². The number of rotatable bonds is 9. The third-order valence-electron chi connectivity index (χ3n) is 9.34. The smallest absolute Gasteiger partial charge is 0.0462 e. The minimum Gasteiger partial charge on any atom is -0.311 e. The lowest BCUT2D eigenvalue weighted by Gasteiger charge is -2.26. The average Bonchev–Trinajstić information content (AvgIpc) is 3.81. The first-order chi connectivity index (χ1) is 19.8. The lowest BCUT2D eigenvalue weighted by Crippen LogP contribution is -2.09. The molecule has 0 bridgehead atoms. The molecule has 6 rings (SSSR count). The summed E-state index contributed by atoms with van der Waals surface area (Å²) in [6.45, 7) is 0. The molecule has 0 N–H and O–H groups in total. The van der Waals surface area contributed by atoms with Crippen molar-refractivity contribution < 1.29 is 0 Å². The molecular weight excluding hydrogens is 482 g/mol. The first kappa shape index (κ1) is 26.9. The minimum atomic E-state index is 0.763. The van der Waals surface area contributed by atoms with Crippen LogP contribution in [-0.2, 0) is 0 Å². The van der Waals surface area contributed by atoms with Gasteiger partial charge in [0.05, 0.1) is 0 Å². The zero-order chi connectivity index (χ0) is 27.0. The molecule has 40 heavy (non-hydrogen) atoms. The molecule has 0 radical (unpaired) electrons. The second-order valence-corrected chi connectivity index (χ2v) is 12.3. The van der Waals surface area contributed by atoms with E-state index in [-0.39, 0.29) is 0 Å². The average molecular weight is 528 g/mol. The van der Waals surface area contributed by atoms with Crippen LogP contribution in [-0.4, -0.2) is 0 Å². The zero-order valence-corrected chi connectivity index (χ0v) is 24.1. The van der Waals surface area contributed by atoms with E-state index in [0.29, 0.717) is 0 Å². The Balaban J connectivity index is 1.24. The molecule has 1 nitrogen and oxygen atoms in total. The summed E-state index contributed by atoms with van der Waals surface area (Å²) in [6, 6.07) is 27.3. The van der Waals surface area contributed by atoms with Crippen molar-refractivity contribution in [3.05, 3.63) is 108 Å². The summed E-state index contributed by atoms with van der Waals surface area (Å²) in [5.74, 6) is 2.29. The van der Waals surface area contributed by atoms with E-state index >= 15 is 0 Å². The van der Waals surface area contributed by atoms with Gasteiger partial charge in [-0.05, 0) is 109 Å². The Morgan fingerprint density at radius 2 is 0.625 bits per heavy atom. The molecule has 3 aliphatic rings. The molecule has 3 aromatic carbocycles. The van der Waals surface area contributed by atoms with Gasteiger partial charge in [0.15, 0.2) is 0 Å². The largest absolute Gasteiger partial charge is 0.311 e. The molecule has 0 aliphatic heterocycles. The van der Waals surface area contributed by atoms with E-state index in [0.717, 1.165) is 17.8 Å². The van der Waals surface area contributed by atoms with E-state index in [1.807, 2.05) is 0 Å². The standard InChI is InChI=1S/C39H45N/c1-2-8-31(7-1)13-16-34-19-25-37(26-20-34)40(38-27-21-35(22-28-38)17-14-32-9-3-4-10-32)39-29-23-36(24-30-39)18-15-33-11-5-6-12-33/h13-33H,1-12H2. The van der Waals surface area contributed by atoms with Crippen molar-refractivity contribution in [3.63, 3.8) is 0 Å². The highest BCUT2D eigenvalue weighted by atomic mass is 15.1. The van der Waals surface area contributed by atoms with Crippen LogP contribution in [0.15, 0.2) is 91.0 Å². The topological polar surface area (TPSA) is 3.24 Å². The van der Waals surface area contributed by atoms with Gasteiger partial charge in [0.1, 0.15) is 0 Å². The Labute approximate surface area is 242 Å². The Morgan fingerprint density at radius 1 is 0.375 bits per heavy atom. The van der Waals surface area contributed by atoms with E-state index < -0.39 is 0 Å². The van der Waals surface area contributed by atoms with Crippen LogP contribution in [0.25, 0.3) is 18.2 Å². The molecule has 0 amide bonds. The van der Waals surface area contributed by atoms with Gasteiger partial charge in [-0.2, -0.15) is 0 Å². The van der Waals surface area contributed by atoms with Crippen molar-refractivity contribution in [2.24, 2.45) is 17.8 Å². The second-order valence-electron chi connectivity index (χ2n) is 12.3. The lowest BCUT2D eigenvalue weighted by atomic mass is 10.0. The van der Waals surface area contributed by atoms with E-state index in [4.69, 9.17) is 0 Å². The Morgan fingerprint density at radius 3 is 0.875 bits per heavy atom. The number of hydrogen-bond acceptors (Lipinski definition) is 1. The molecule has 0 spiro atoms. The molecule has 1 heteroatoms. The molecule has 0 heterocycles.